The van der Waals surface area contributed by atoms with Gasteiger partial charge >= 0.3 is 0 Å². The number of benzene rings is 1. The van der Waals surface area contributed by atoms with E-state index in [-0.39, 0.29) is 10.8 Å². The number of hydrogen-bond acceptors (Lipinski definition) is 1. The molecule has 16 heavy (non-hydrogen) atoms. The van der Waals surface area contributed by atoms with Crippen LogP contribution in [0.1, 0.15) is 25.8 Å². The average molecular weight is 242 g/mol. The second-order valence-corrected chi connectivity index (χ2v) is 4.02. The minimum absolute atomic E-state index is 0.174. The van der Waals surface area contributed by atoms with E-state index >= 15 is 0 Å². The number of likely N-dealkylation sites (N-methyl/N-ethyl adjacent to an activating group) is 1. The van der Waals surface area contributed by atoms with Crippen LogP contribution in [-0.2, 0) is 0 Å². The van der Waals surface area contributed by atoms with E-state index in [4.69, 9.17) is 11.6 Å². The quantitative estimate of drug-likeness (QED) is 0.825. The fourth-order valence-corrected chi connectivity index (χ4v) is 1.59. The summed E-state index contributed by atoms with van der Waals surface area (Å²) in [5, 5.41) is 3.44. The van der Waals surface area contributed by atoms with Crippen molar-refractivity contribution >= 4 is 17.7 Å². The average Bonchev–Trinajstić information content (AvgIpc) is 2.29. The van der Waals surface area contributed by atoms with E-state index in [0.29, 0.717) is 0 Å². The second-order valence-electron chi connectivity index (χ2n) is 3.61. The third-order valence-corrected chi connectivity index (χ3v) is 2.66. The zero-order chi connectivity index (χ0) is 12.0. The van der Waals surface area contributed by atoms with Crippen LogP contribution in [0, 0.1) is 5.82 Å². The highest BCUT2D eigenvalue weighted by Gasteiger charge is 2.00. The van der Waals surface area contributed by atoms with Crippen molar-refractivity contribution in [3.8, 4) is 0 Å². The minimum Gasteiger partial charge on any atom is -0.313 e. The van der Waals surface area contributed by atoms with Gasteiger partial charge in [0.15, 0.2) is 0 Å². The van der Waals surface area contributed by atoms with E-state index in [0.717, 1.165) is 25.1 Å². The van der Waals surface area contributed by atoms with Crippen LogP contribution in [0.15, 0.2) is 23.8 Å². The van der Waals surface area contributed by atoms with Crippen LogP contribution < -0.4 is 5.32 Å². The Hall–Kier alpha value is -0.860. The summed E-state index contributed by atoms with van der Waals surface area (Å²) in [5.41, 5.74) is 2.23. The third-order valence-electron chi connectivity index (χ3n) is 2.37. The molecule has 88 valence electrons. The van der Waals surface area contributed by atoms with Crippen molar-refractivity contribution in [2.24, 2.45) is 0 Å². The van der Waals surface area contributed by atoms with Crippen LogP contribution in [0.2, 0.25) is 5.02 Å². The molecule has 0 heterocycles. The van der Waals surface area contributed by atoms with Crippen molar-refractivity contribution in [3.63, 3.8) is 0 Å². The normalized spacial score (nSPS) is 11.9. The highest BCUT2D eigenvalue weighted by Crippen LogP contribution is 2.18. The van der Waals surface area contributed by atoms with Crippen molar-refractivity contribution in [2.75, 3.05) is 13.1 Å². The summed E-state index contributed by atoms with van der Waals surface area (Å²) >= 11 is 5.72. The smallest absolute Gasteiger partial charge is 0.141 e. The Morgan fingerprint density at radius 1 is 1.44 bits per heavy atom. The van der Waals surface area contributed by atoms with Gasteiger partial charge in [0.25, 0.3) is 0 Å². The second kappa shape index (κ2) is 6.66. The number of nitrogens with one attached hydrogen (secondary N) is 1. The van der Waals surface area contributed by atoms with Gasteiger partial charge in [-0.05, 0) is 30.7 Å². The lowest BCUT2D eigenvalue weighted by atomic mass is 10.1. The lowest BCUT2D eigenvalue weighted by Crippen LogP contribution is -2.15. The van der Waals surface area contributed by atoms with E-state index in [1.54, 1.807) is 12.1 Å². The molecule has 0 fully saturated rings. The predicted molar refractivity (Wildman–Crippen MR) is 68.2 cm³/mol. The molecule has 1 aromatic carbocycles. The summed E-state index contributed by atoms with van der Waals surface area (Å²) in [6, 6.07) is 4.79. The van der Waals surface area contributed by atoms with Crippen LogP contribution in [0.3, 0.4) is 0 Å². The molecule has 1 aromatic rings. The molecule has 0 saturated heterocycles. The van der Waals surface area contributed by atoms with Gasteiger partial charge in [-0.15, -0.1) is 0 Å². The van der Waals surface area contributed by atoms with E-state index < -0.39 is 0 Å². The van der Waals surface area contributed by atoms with Crippen molar-refractivity contribution in [1.29, 1.82) is 0 Å². The lowest BCUT2D eigenvalue weighted by Gasteiger charge is -2.05. The van der Waals surface area contributed by atoms with Crippen LogP contribution >= 0.6 is 11.6 Å². The SMILES string of the molecule is CCNC/C(=C/c1ccc(F)c(Cl)c1)CC. The number of halogens is 2. The van der Waals surface area contributed by atoms with Crippen molar-refractivity contribution in [3.05, 3.63) is 40.2 Å². The van der Waals surface area contributed by atoms with Crippen molar-refractivity contribution in [1.82, 2.24) is 5.32 Å². The molecule has 0 aromatic heterocycles. The molecule has 0 spiro atoms. The summed E-state index contributed by atoms with van der Waals surface area (Å²) in [6.07, 6.45) is 3.02. The monoisotopic (exact) mass is 241 g/mol. The highest BCUT2D eigenvalue weighted by atomic mass is 35.5. The fraction of sp³-hybridized carbons (Fsp3) is 0.385. The third kappa shape index (κ3) is 3.95. The summed E-state index contributed by atoms with van der Waals surface area (Å²) in [6.45, 7) is 5.99. The molecular formula is C13H17ClFN. The van der Waals surface area contributed by atoms with Crippen molar-refractivity contribution in [2.45, 2.75) is 20.3 Å². The maximum absolute atomic E-state index is 13.0. The number of hydrogen-bond donors (Lipinski definition) is 1. The van der Waals surface area contributed by atoms with E-state index in [1.165, 1.54) is 11.6 Å². The molecular weight excluding hydrogens is 225 g/mol. The Morgan fingerprint density at radius 2 is 2.19 bits per heavy atom. The molecule has 0 aliphatic heterocycles. The summed E-state index contributed by atoms with van der Waals surface area (Å²) in [4.78, 5) is 0. The molecule has 0 atom stereocenters. The summed E-state index contributed by atoms with van der Waals surface area (Å²) < 4.78 is 13.0. The van der Waals surface area contributed by atoms with Gasteiger partial charge in [-0.2, -0.15) is 0 Å². The standard InChI is InChI=1S/C13H17ClFN/c1-3-10(9-16-4-2)7-11-5-6-13(15)12(14)8-11/h5-8,16H,3-4,9H2,1-2H3/b10-7+. The molecule has 3 heteroatoms. The summed E-state index contributed by atoms with van der Waals surface area (Å²) in [5.74, 6) is -0.372. The maximum Gasteiger partial charge on any atom is 0.141 e. The molecule has 0 radical (unpaired) electrons. The molecule has 0 bridgehead atoms. The lowest BCUT2D eigenvalue weighted by molar-refractivity contribution is 0.628. The Labute approximate surface area is 101 Å². The van der Waals surface area contributed by atoms with Gasteiger partial charge in [0.1, 0.15) is 5.82 Å². The van der Waals surface area contributed by atoms with Crippen LogP contribution in [0.25, 0.3) is 6.08 Å². The van der Waals surface area contributed by atoms with Gasteiger partial charge in [0.2, 0.25) is 0 Å². The van der Waals surface area contributed by atoms with Gasteiger partial charge in [0, 0.05) is 6.54 Å². The fourth-order valence-electron chi connectivity index (χ4n) is 1.40. The minimum atomic E-state index is -0.372. The molecule has 0 saturated carbocycles. The molecule has 0 aliphatic carbocycles. The van der Waals surface area contributed by atoms with E-state index in [9.17, 15) is 4.39 Å². The Kier molecular flexibility index (Phi) is 5.50. The molecule has 1 N–H and O–H groups in total. The molecule has 0 unspecified atom stereocenters. The van der Waals surface area contributed by atoms with E-state index in [1.807, 2.05) is 6.08 Å². The van der Waals surface area contributed by atoms with Gasteiger partial charge in [-0.1, -0.05) is 43.2 Å². The van der Waals surface area contributed by atoms with Crippen LogP contribution in [-0.4, -0.2) is 13.1 Å². The number of rotatable bonds is 5. The molecule has 1 rings (SSSR count). The van der Waals surface area contributed by atoms with Gasteiger partial charge in [-0.25, -0.2) is 4.39 Å². The first kappa shape index (κ1) is 13.2. The largest absolute Gasteiger partial charge is 0.313 e. The maximum atomic E-state index is 13.0. The van der Waals surface area contributed by atoms with E-state index in [2.05, 4.69) is 19.2 Å². The predicted octanol–water partition coefficient (Wildman–Crippen LogP) is 3.88. The first-order valence-corrected chi connectivity index (χ1v) is 5.90. The Bertz CT molecular complexity index is 374. The van der Waals surface area contributed by atoms with Crippen molar-refractivity contribution < 1.29 is 4.39 Å². The topological polar surface area (TPSA) is 12.0 Å². The van der Waals surface area contributed by atoms with Gasteiger partial charge in [0.05, 0.1) is 5.02 Å². The Balaban J connectivity index is 2.82. The highest BCUT2D eigenvalue weighted by molar-refractivity contribution is 6.30. The van der Waals surface area contributed by atoms with Crippen LogP contribution in [0.4, 0.5) is 4.39 Å². The van der Waals surface area contributed by atoms with Gasteiger partial charge < -0.3 is 5.32 Å². The van der Waals surface area contributed by atoms with Crippen LogP contribution in [0.5, 0.6) is 0 Å². The first-order chi connectivity index (χ1) is 7.67. The van der Waals surface area contributed by atoms with Gasteiger partial charge in [-0.3, -0.25) is 0 Å². The zero-order valence-electron chi connectivity index (χ0n) is 9.69. The zero-order valence-corrected chi connectivity index (χ0v) is 10.4. The molecule has 0 aliphatic rings. The summed E-state index contributed by atoms with van der Waals surface area (Å²) in [7, 11) is 0. The Morgan fingerprint density at radius 3 is 2.75 bits per heavy atom. The molecule has 1 nitrogen and oxygen atoms in total. The molecule has 0 amide bonds. The first-order valence-electron chi connectivity index (χ1n) is 5.52.